The molecule has 1 heterocycles. The summed E-state index contributed by atoms with van der Waals surface area (Å²) >= 11 is 0. The van der Waals surface area contributed by atoms with E-state index in [0.717, 1.165) is 18.7 Å². The molecule has 2 aromatic carbocycles. The van der Waals surface area contributed by atoms with Crippen molar-refractivity contribution in [3.8, 4) is 0 Å². The monoisotopic (exact) mass is 288 g/mol. The molecule has 0 N–H and O–H groups in total. The summed E-state index contributed by atoms with van der Waals surface area (Å²) in [6.45, 7) is 9.48. The fourth-order valence-corrected chi connectivity index (χ4v) is 4.18. The minimum absolute atomic E-state index is 0.616. The molecule has 1 aliphatic heterocycles. The molecule has 2 aliphatic rings. The molecular formula is C20H20N2. The number of fused-ring (bicyclic) bond motifs is 3. The number of hydrogen-bond donors (Lipinski definition) is 0. The van der Waals surface area contributed by atoms with Crippen LogP contribution in [0.15, 0.2) is 48.5 Å². The Labute approximate surface area is 132 Å². The SMILES string of the molecule is [C-]#[N+]c1ccc2c(c1)[C@H]1CCCN(Cc3ccccc3)[C@H]1C2. The van der Waals surface area contributed by atoms with Crippen molar-refractivity contribution in [1.29, 1.82) is 0 Å². The van der Waals surface area contributed by atoms with Crippen molar-refractivity contribution in [3.63, 3.8) is 0 Å². The Morgan fingerprint density at radius 1 is 1.14 bits per heavy atom. The van der Waals surface area contributed by atoms with Crippen LogP contribution >= 0.6 is 0 Å². The molecule has 2 nitrogen and oxygen atoms in total. The van der Waals surface area contributed by atoms with E-state index < -0.39 is 0 Å². The van der Waals surface area contributed by atoms with E-state index in [2.05, 4.69) is 52.2 Å². The van der Waals surface area contributed by atoms with Gasteiger partial charge in [-0.25, -0.2) is 4.85 Å². The first-order valence-corrected chi connectivity index (χ1v) is 8.13. The van der Waals surface area contributed by atoms with Crippen LogP contribution in [0.1, 0.15) is 35.4 Å². The summed E-state index contributed by atoms with van der Waals surface area (Å²) in [6.07, 6.45) is 3.67. The van der Waals surface area contributed by atoms with Crippen molar-refractivity contribution in [2.24, 2.45) is 0 Å². The Morgan fingerprint density at radius 3 is 2.82 bits per heavy atom. The molecule has 0 spiro atoms. The lowest BCUT2D eigenvalue weighted by Gasteiger charge is -2.38. The lowest BCUT2D eigenvalue weighted by molar-refractivity contribution is 0.129. The van der Waals surface area contributed by atoms with Crippen LogP contribution < -0.4 is 0 Å². The van der Waals surface area contributed by atoms with Gasteiger partial charge in [0.1, 0.15) is 0 Å². The Hall–Kier alpha value is -2.11. The summed E-state index contributed by atoms with van der Waals surface area (Å²) in [5, 5.41) is 0. The third-order valence-electron chi connectivity index (χ3n) is 5.21. The smallest absolute Gasteiger partial charge is 0.187 e. The second-order valence-electron chi connectivity index (χ2n) is 6.47. The molecule has 0 saturated carbocycles. The van der Waals surface area contributed by atoms with E-state index in [1.807, 2.05) is 6.07 Å². The highest BCUT2D eigenvalue weighted by Crippen LogP contribution is 2.43. The van der Waals surface area contributed by atoms with E-state index >= 15 is 0 Å². The molecule has 1 saturated heterocycles. The molecule has 1 aliphatic carbocycles. The maximum absolute atomic E-state index is 7.24. The van der Waals surface area contributed by atoms with Crippen LogP contribution in [-0.4, -0.2) is 17.5 Å². The minimum Gasteiger partial charge on any atom is -0.295 e. The third-order valence-corrected chi connectivity index (χ3v) is 5.21. The van der Waals surface area contributed by atoms with Crippen LogP contribution in [0.3, 0.4) is 0 Å². The number of rotatable bonds is 2. The summed E-state index contributed by atoms with van der Waals surface area (Å²) in [5.74, 6) is 0.620. The van der Waals surface area contributed by atoms with Gasteiger partial charge in [-0.3, -0.25) is 4.90 Å². The normalized spacial score (nSPS) is 23.6. The summed E-state index contributed by atoms with van der Waals surface area (Å²) in [5.41, 5.74) is 5.10. The van der Waals surface area contributed by atoms with Crippen molar-refractivity contribution in [1.82, 2.24) is 4.90 Å². The largest absolute Gasteiger partial charge is 0.295 e. The number of nitrogens with zero attached hydrogens (tertiary/aromatic N) is 2. The van der Waals surface area contributed by atoms with Gasteiger partial charge in [0.15, 0.2) is 5.69 Å². The average molecular weight is 288 g/mol. The van der Waals surface area contributed by atoms with Gasteiger partial charge in [-0.05, 0) is 42.9 Å². The van der Waals surface area contributed by atoms with E-state index in [9.17, 15) is 0 Å². The maximum atomic E-state index is 7.24. The second kappa shape index (κ2) is 5.59. The summed E-state index contributed by atoms with van der Waals surface area (Å²) < 4.78 is 0. The van der Waals surface area contributed by atoms with Crippen LogP contribution in [0.25, 0.3) is 4.85 Å². The zero-order valence-electron chi connectivity index (χ0n) is 12.7. The summed E-state index contributed by atoms with van der Waals surface area (Å²) in [6, 6.07) is 17.7. The highest BCUT2D eigenvalue weighted by atomic mass is 15.2. The molecule has 0 unspecified atom stereocenters. The van der Waals surface area contributed by atoms with Crippen molar-refractivity contribution >= 4 is 5.69 Å². The van der Waals surface area contributed by atoms with Crippen molar-refractivity contribution < 1.29 is 0 Å². The van der Waals surface area contributed by atoms with Crippen LogP contribution in [0.4, 0.5) is 5.69 Å². The summed E-state index contributed by atoms with van der Waals surface area (Å²) in [4.78, 5) is 6.26. The molecule has 22 heavy (non-hydrogen) atoms. The van der Waals surface area contributed by atoms with Gasteiger partial charge in [0.05, 0.1) is 6.57 Å². The second-order valence-corrected chi connectivity index (χ2v) is 6.47. The number of benzene rings is 2. The van der Waals surface area contributed by atoms with E-state index in [4.69, 9.17) is 6.57 Å². The Morgan fingerprint density at radius 2 is 2.00 bits per heavy atom. The topological polar surface area (TPSA) is 7.60 Å². The standard InChI is InChI=1S/C20H20N2/c1-21-17-10-9-16-12-20-18(19(16)13-17)8-5-11-22(20)14-15-6-3-2-4-7-15/h2-4,6-7,9-10,13,18,20H,5,8,11-12,14H2/t18-,20+/m1/s1. The molecular weight excluding hydrogens is 268 g/mol. The van der Waals surface area contributed by atoms with Gasteiger partial charge >= 0.3 is 0 Å². The van der Waals surface area contributed by atoms with Gasteiger partial charge in [-0.2, -0.15) is 0 Å². The van der Waals surface area contributed by atoms with Gasteiger partial charge < -0.3 is 0 Å². The Balaban J connectivity index is 1.60. The molecule has 0 amide bonds. The van der Waals surface area contributed by atoms with E-state index in [-0.39, 0.29) is 0 Å². The predicted octanol–water partition coefficient (Wildman–Crippen LogP) is 4.54. The lowest BCUT2D eigenvalue weighted by atomic mass is 9.88. The molecule has 110 valence electrons. The number of piperidine rings is 1. The number of likely N-dealkylation sites (tertiary alicyclic amines) is 1. The van der Waals surface area contributed by atoms with Crippen molar-refractivity contribution in [3.05, 3.63) is 76.6 Å². The van der Waals surface area contributed by atoms with Gasteiger partial charge in [0, 0.05) is 12.6 Å². The van der Waals surface area contributed by atoms with Gasteiger partial charge in [0.2, 0.25) is 0 Å². The van der Waals surface area contributed by atoms with Crippen LogP contribution in [-0.2, 0) is 13.0 Å². The Bertz CT molecular complexity index is 714. The lowest BCUT2D eigenvalue weighted by Crippen LogP contribution is -2.42. The van der Waals surface area contributed by atoms with Gasteiger partial charge in [-0.15, -0.1) is 0 Å². The highest BCUT2D eigenvalue weighted by molar-refractivity contribution is 5.53. The molecule has 0 radical (unpaired) electrons. The van der Waals surface area contributed by atoms with Crippen LogP contribution in [0, 0.1) is 6.57 Å². The van der Waals surface area contributed by atoms with Crippen molar-refractivity contribution in [2.45, 2.75) is 37.8 Å². The zero-order chi connectivity index (χ0) is 14.9. The first-order chi connectivity index (χ1) is 10.8. The molecule has 0 bridgehead atoms. The van der Waals surface area contributed by atoms with Crippen LogP contribution in [0.2, 0.25) is 0 Å². The molecule has 4 rings (SSSR count). The molecule has 1 fully saturated rings. The Kier molecular flexibility index (Phi) is 3.44. The van der Waals surface area contributed by atoms with Crippen molar-refractivity contribution in [2.75, 3.05) is 6.54 Å². The van der Waals surface area contributed by atoms with Gasteiger partial charge in [0.25, 0.3) is 0 Å². The van der Waals surface area contributed by atoms with E-state index in [0.29, 0.717) is 12.0 Å². The first kappa shape index (κ1) is 13.5. The predicted molar refractivity (Wildman–Crippen MR) is 89.0 cm³/mol. The first-order valence-electron chi connectivity index (χ1n) is 8.13. The number of hydrogen-bond acceptors (Lipinski definition) is 1. The quantitative estimate of drug-likeness (QED) is 0.736. The molecule has 0 aromatic heterocycles. The maximum Gasteiger partial charge on any atom is 0.187 e. The van der Waals surface area contributed by atoms with E-state index in [1.54, 1.807) is 0 Å². The van der Waals surface area contributed by atoms with Crippen LogP contribution in [0.5, 0.6) is 0 Å². The molecule has 2 atom stereocenters. The molecule has 2 aromatic rings. The fourth-order valence-electron chi connectivity index (χ4n) is 4.18. The van der Waals surface area contributed by atoms with E-state index in [1.165, 1.54) is 36.1 Å². The minimum atomic E-state index is 0.616. The zero-order valence-corrected chi connectivity index (χ0v) is 12.7. The highest BCUT2D eigenvalue weighted by Gasteiger charge is 2.38. The van der Waals surface area contributed by atoms with Gasteiger partial charge in [-0.1, -0.05) is 54.1 Å². The summed E-state index contributed by atoms with van der Waals surface area (Å²) in [7, 11) is 0. The third kappa shape index (κ3) is 2.32. The fraction of sp³-hybridized carbons (Fsp3) is 0.350. The molecule has 2 heteroatoms. The average Bonchev–Trinajstić information content (AvgIpc) is 2.95.